The van der Waals surface area contributed by atoms with Crippen LogP contribution in [0, 0.1) is 18.6 Å². The highest BCUT2D eigenvalue weighted by Gasteiger charge is 2.15. The van der Waals surface area contributed by atoms with Gasteiger partial charge in [-0.15, -0.1) is 11.3 Å². The number of hydrogen-bond acceptors (Lipinski definition) is 4. The number of carbonyl (C=O) groups excluding carboxylic acids is 1. The van der Waals surface area contributed by atoms with E-state index in [1.54, 1.807) is 6.92 Å². The van der Waals surface area contributed by atoms with Crippen molar-refractivity contribution < 1.29 is 13.6 Å². The number of carbonyl (C=O) groups is 1. The molecule has 8 heteroatoms. The van der Waals surface area contributed by atoms with Gasteiger partial charge in [0.25, 0.3) is 5.56 Å². The Kier molecular flexibility index (Phi) is 6.14. The smallest absolute Gasteiger partial charge is 0.262 e. The van der Waals surface area contributed by atoms with Gasteiger partial charge in [0, 0.05) is 23.9 Å². The molecule has 2 aromatic carbocycles. The zero-order chi connectivity index (χ0) is 22.8. The Morgan fingerprint density at radius 2 is 1.91 bits per heavy atom. The van der Waals surface area contributed by atoms with E-state index in [0.29, 0.717) is 15.8 Å². The number of rotatable bonds is 6. The number of aromatic nitrogens is 2. The van der Waals surface area contributed by atoms with Crippen LogP contribution in [0.2, 0.25) is 0 Å². The normalized spacial score (nSPS) is 12.1. The first kappa shape index (κ1) is 21.8. The topological polar surface area (TPSA) is 64.0 Å². The van der Waals surface area contributed by atoms with E-state index in [-0.39, 0.29) is 24.4 Å². The quantitative estimate of drug-likeness (QED) is 0.448. The van der Waals surface area contributed by atoms with Crippen molar-refractivity contribution in [2.45, 2.75) is 32.9 Å². The van der Waals surface area contributed by atoms with Crippen LogP contribution in [0.25, 0.3) is 21.3 Å². The molecule has 0 aliphatic heterocycles. The summed E-state index contributed by atoms with van der Waals surface area (Å²) in [5.74, 6) is -2.21. The minimum Gasteiger partial charge on any atom is -0.350 e. The second-order valence-electron chi connectivity index (χ2n) is 7.65. The number of amides is 1. The van der Waals surface area contributed by atoms with E-state index >= 15 is 0 Å². The monoisotopic (exact) mass is 453 g/mol. The largest absolute Gasteiger partial charge is 0.350 e. The molecule has 1 amide bonds. The summed E-state index contributed by atoms with van der Waals surface area (Å²) in [5, 5.41) is 5.21. The molecule has 0 aliphatic carbocycles. The Bertz CT molecular complexity index is 1350. The van der Waals surface area contributed by atoms with Crippen molar-refractivity contribution >= 4 is 27.5 Å². The van der Waals surface area contributed by atoms with E-state index < -0.39 is 17.7 Å². The molecule has 0 aliphatic rings. The van der Waals surface area contributed by atoms with Crippen LogP contribution < -0.4 is 10.9 Å². The zero-order valence-electron chi connectivity index (χ0n) is 17.6. The Labute approximate surface area is 187 Å². The lowest BCUT2D eigenvalue weighted by Gasteiger charge is -2.15. The first-order chi connectivity index (χ1) is 15.3. The maximum atomic E-state index is 13.4. The van der Waals surface area contributed by atoms with E-state index in [0.717, 1.165) is 28.8 Å². The number of benzene rings is 2. The van der Waals surface area contributed by atoms with Crippen LogP contribution in [-0.4, -0.2) is 15.5 Å². The molecule has 0 spiro atoms. The van der Waals surface area contributed by atoms with Gasteiger partial charge in [0.1, 0.15) is 4.83 Å². The summed E-state index contributed by atoms with van der Waals surface area (Å²) in [6.07, 6.45) is 1.50. The molecule has 4 rings (SSSR count). The molecule has 164 valence electrons. The highest BCUT2D eigenvalue weighted by Crippen LogP contribution is 2.30. The standard InChI is InChI=1S/C24H21F2N3O2S/c1-14-3-5-16(6-4-14)18-12-32-23-22(18)24(31)29(13-27-23)10-9-21(30)28-15(2)17-7-8-19(25)20(26)11-17/h3-8,11-13,15H,9-10H2,1-2H3,(H,28,30). The highest BCUT2D eigenvalue weighted by molar-refractivity contribution is 7.17. The van der Waals surface area contributed by atoms with Crippen molar-refractivity contribution in [2.24, 2.45) is 0 Å². The molecule has 0 saturated carbocycles. The van der Waals surface area contributed by atoms with Gasteiger partial charge in [-0.05, 0) is 37.1 Å². The molecular formula is C24H21F2N3O2S. The fourth-order valence-electron chi connectivity index (χ4n) is 3.47. The number of nitrogens with one attached hydrogen (secondary N) is 1. The lowest BCUT2D eigenvalue weighted by atomic mass is 10.1. The molecule has 0 bridgehead atoms. The summed E-state index contributed by atoms with van der Waals surface area (Å²) in [7, 11) is 0. The van der Waals surface area contributed by atoms with Crippen molar-refractivity contribution in [3.8, 4) is 11.1 Å². The minimum absolute atomic E-state index is 0.0467. The van der Waals surface area contributed by atoms with Gasteiger partial charge >= 0.3 is 0 Å². The number of thiophene rings is 1. The minimum atomic E-state index is -0.963. The van der Waals surface area contributed by atoms with Crippen LogP contribution in [0.15, 0.2) is 59.0 Å². The van der Waals surface area contributed by atoms with Crippen LogP contribution in [-0.2, 0) is 11.3 Å². The maximum absolute atomic E-state index is 13.4. The average molecular weight is 454 g/mol. The van der Waals surface area contributed by atoms with Crippen LogP contribution in [0.4, 0.5) is 8.78 Å². The molecule has 2 aromatic heterocycles. The van der Waals surface area contributed by atoms with Crippen molar-refractivity contribution in [3.63, 3.8) is 0 Å². The molecule has 0 saturated heterocycles. The molecule has 1 unspecified atom stereocenters. The summed E-state index contributed by atoms with van der Waals surface area (Å²) >= 11 is 1.41. The maximum Gasteiger partial charge on any atom is 0.262 e. The van der Waals surface area contributed by atoms with Gasteiger partial charge in [-0.1, -0.05) is 35.9 Å². The Morgan fingerprint density at radius 3 is 2.62 bits per heavy atom. The van der Waals surface area contributed by atoms with Gasteiger partial charge in [0.05, 0.1) is 17.8 Å². The summed E-state index contributed by atoms with van der Waals surface area (Å²) in [6, 6.07) is 10.9. The molecule has 32 heavy (non-hydrogen) atoms. The molecule has 1 N–H and O–H groups in total. The summed E-state index contributed by atoms with van der Waals surface area (Å²) < 4.78 is 28.0. The lowest BCUT2D eigenvalue weighted by molar-refractivity contribution is -0.121. The van der Waals surface area contributed by atoms with Crippen LogP contribution in [0.5, 0.6) is 0 Å². The molecular weight excluding hydrogens is 432 g/mol. The fourth-order valence-corrected chi connectivity index (χ4v) is 4.38. The van der Waals surface area contributed by atoms with Crippen LogP contribution in [0.1, 0.15) is 30.5 Å². The molecule has 0 radical (unpaired) electrons. The van der Waals surface area contributed by atoms with Gasteiger partial charge < -0.3 is 5.32 Å². The van der Waals surface area contributed by atoms with E-state index in [1.807, 2.05) is 36.6 Å². The third kappa shape index (κ3) is 4.45. The lowest BCUT2D eigenvalue weighted by Crippen LogP contribution is -2.29. The number of fused-ring (bicyclic) bond motifs is 1. The van der Waals surface area contributed by atoms with Gasteiger partial charge in [-0.2, -0.15) is 0 Å². The molecule has 0 fully saturated rings. The summed E-state index contributed by atoms with van der Waals surface area (Å²) in [4.78, 5) is 30.5. The second kappa shape index (κ2) is 9.00. The predicted octanol–water partition coefficient (Wildman–Crippen LogP) is 4.98. The first-order valence-electron chi connectivity index (χ1n) is 10.1. The summed E-state index contributed by atoms with van der Waals surface area (Å²) in [6.45, 7) is 3.84. The third-order valence-corrected chi connectivity index (χ3v) is 6.21. The van der Waals surface area contributed by atoms with Crippen LogP contribution in [0.3, 0.4) is 0 Å². The third-order valence-electron chi connectivity index (χ3n) is 5.32. The van der Waals surface area contributed by atoms with Crippen molar-refractivity contribution in [3.05, 3.63) is 87.3 Å². The van der Waals surface area contributed by atoms with Crippen molar-refractivity contribution in [1.82, 2.24) is 14.9 Å². The van der Waals surface area contributed by atoms with Gasteiger partial charge in [0.2, 0.25) is 5.91 Å². The van der Waals surface area contributed by atoms with Gasteiger partial charge in [-0.25, -0.2) is 13.8 Å². The number of nitrogens with zero attached hydrogens (tertiary/aromatic N) is 2. The SMILES string of the molecule is Cc1ccc(-c2csc3ncn(CCC(=O)NC(C)c4ccc(F)c(F)c4)c(=O)c23)cc1. The summed E-state index contributed by atoms with van der Waals surface area (Å²) in [5.41, 5.74) is 3.16. The Morgan fingerprint density at radius 1 is 1.16 bits per heavy atom. The molecule has 5 nitrogen and oxygen atoms in total. The Hall–Kier alpha value is -3.39. The first-order valence-corrected chi connectivity index (χ1v) is 11.0. The van der Waals surface area contributed by atoms with E-state index in [1.165, 1.54) is 28.3 Å². The molecule has 4 aromatic rings. The van der Waals surface area contributed by atoms with Gasteiger partial charge in [0.15, 0.2) is 11.6 Å². The van der Waals surface area contributed by atoms with E-state index in [4.69, 9.17) is 0 Å². The number of halogens is 2. The average Bonchev–Trinajstić information content (AvgIpc) is 3.20. The van der Waals surface area contributed by atoms with E-state index in [9.17, 15) is 18.4 Å². The Balaban J connectivity index is 1.49. The zero-order valence-corrected chi connectivity index (χ0v) is 18.4. The van der Waals surface area contributed by atoms with Crippen molar-refractivity contribution in [1.29, 1.82) is 0 Å². The predicted molar refractivity (Wildman–Crippen MR) is 122 cm³/mol. The number of hydrogen-bond donors (Lipinski definition) is 1. The highest BCUT2D eigenvalue weighted by atomic mass is 32.1. The van der Waals surface area contributed by atoms with Crippen molar-refractivity contribution in [2.75, 3.05) is 0 Å². The van der Waals surface area contributed by atoms with E-state index in [2.05, 4.69) is 10.3 Å². The molecule has 2 heterocycles. The van der Waals surface area contributed by atoms with Gasteiger partial charge in [-0.3, -0.25) is 14.2 Å². The number of aryl methyl sites for hydroxylation is 2. The fraction of sp³-hybridized carbons (Fsp3) is 0.208. The second-order valence-corrected chi connectivity index (χ2v) is 8.51. The van der Waals surface area contributed by atoms with Crippen LogP contribution >= 0.6 is 11.3 Å². The molecule has 1 atom stereocenters.